The van der Waals surface area contributed by atoms with Crippen molar-refractivity contribution in [3.05, 3.63) is 91.5 Å². The van der Waals surface area contributed by atoms with Crippen LogP contribution in [0.3, 0.4) is 0 Å². The molecule has 9 heteroatoms. The third kappa shape index (κ3) is 4.26. The van der Waals surface area contributed by atoms with Crippen LogP contribution < -0.4 is 0 Å². The van der Waals surface area contributed by atoms with Gasteiger partial charge >= 0.3 is 0 Å². The molecular formula is C22H15ClN2O5S. The summed E-state index contributed by atoms with van der Waals surface area (Å²) in [7, 11) is 0. The van der Waals surface area contributed by atoms with Crippen molar-refractivity contribution >= 4 is 46.3 Å². The number of hydrogen-bond donors (Lipinski definition) is 0. The molecule has 0 atom stereocenters. The van der Waals surface area contributed by atoms with E-state index in [1.54, 1.807) is 49.4 Å². The number of nitro benzene ring substituents is 1. The Morgan fingerprint density at radius 3 is 2.65 bits per heavy atom. The maximum absolute atomic E-state index is 12.7. The van der Waals surface area contributed by atoms with Gasteiger partial charge in [0.15, 0.2) is 0 Å². The van der Waals surface area contributed by atoms with E-state index in [-0.39, 0.29) is 22.4 Å². The minimum atomic E-state index is -0.455. The molecule has 0 N–H and O–H groups in total. The Morgan fingerprint density at radius 2 is 1.94 bits per heavy atom. The standard InChI is InChI=1S/C22H15ClN2O5S/c1-13-10-15(25(28)29)6-8-17(13)19-9-7-16(30-19)11-20-21(26)24(22(27)31-20)12-14-4-2-3-5-18(14)23/h2-11H,12H2,1H3/b20-11-. The highest BCUT2D eigenvalue weighted by atomic mass is 35.5. The minimum absolute atomic E-state index is 0.000207. The van der Waals surface area contributed by atoms with Crippen LogP contribution in [0, 0.1) is 17.0 Å². The van der Waals surface area contributed by atoms with Crippen LogP contribution in [0.1, 0.15) is 16.9 Å². The summed E-state index contributed by atoms with van der Waals surface area (Å²) in [5, 5.41) is 11.0. The molecule has 0 aliphatic carbocycles. The van der Waals surface area contributed by atoms with E-state index < -0.39 is 10.8 Å². The summed E-state index contributed by atoms with van der Waals surface area (Å²) in [5.41, 5.74) is 2.08. The van der Waals surface area contributed by atoms with Gasteiger partial charge in [0.05, 0.1) is 16.4 Å². The van der Waals surface area contributed by atoms with Crippen LogP contribution in [-0.4, -0.2) is 21.0 Å². The molecule has 4 rings (SSSR count). The number of carbonyl (C=O) groups excluding carboxylic acids is 2. The Labute approximate surface area is 186 Å². The van der Waals surface area contributed by atoms with Crippen molar-refractivity contribution < 1.29 is 18.9 Å². The zero-order chi connectivity index (χ0) is 22.1. The second-order valence-electron chi connectivity index (χ2n) is 6.82. The van der Waals surface area contributed by atoms with Crippen LogP contribution in [-0.2, 0) is 11.3 Å². The third-order valence-corrected chi connectivity index (χ3v) is 6.02. The summed E-state index contributed by atoms with van der Waals surface area (Å²) >= 11 is 6.98. The molecule has 2 amide bonds. The van der Waals surface area contributed by atoms with E-state index in [9.17, 15) is 19.7 Å². The van der Waals surface area contributed by atoms with Crippen LogP contribution >= 0.6 is 23.4 Å². The van der Waals surface area contributed by atoms with E-state index in [0.717, 1.165) is 16.7 Å². The van der Waals surface area contributed by atoms with E-state index in [4.69, 9.17) is 16.0 Å². The lowest BCUT2D eigenvalue weighted by molar-refractivity contribution is -0.384. The van der Waals surface area contributed by atoms with Gasteiger partial charge in [0.2, 0.25) is 0 Å². The number of rotatable bonds is 5. The zero-order valence-electron chi connectivity index (χ0n) is 16.2. The summed E-state index contributed by atoms with van der Waals surface area (Å²) in [6.45, 7) is 1.84. The predicted molar refractivity (Wildman–Crippen MR) is 119 cm³/mol. The summed E-state index contributed by atoms with van der Waals surface area (Å²) in [4.78, 5) is 36.9. The van der Waals surface area contributed by atoms with Gasteiger partial charge < -0.3 is 4.42 Å². The second kappa shape index (κ2) is 8.41. The van der Waals surface area contributed by atoms with Crippen molar-refractivity contribution in [2.24, 2.45) is 0 Å². The number of nitro groups is 1. The predicted octanol–water partition coefficient (Wildman–Crippen LogP) is 6.05. The number of imide groups is 1. The molecule has 1 aliphatic heterocycles. The van der Waals surface area contributed by atoms with E-state index in [0.29, 0.717) is 33.2 Å². The number of thioether (sulfide) groups is 1. The molecular weight excluding hydrogens is 440 g/mol. The first-order chi connectivity index (χ1) is 14.8. The molecule has 0 radical (unpaired) electrons. The lowest BCUT2D eigenvalue weighted by Gasteiger charge is -2.13. The minimum Gasteiger partial charge on any atom is -0.457 e. The number of carbonyl (C=O) groups is 2. The molecule has 3 aromatic rings. The number of nitrogens with zero attached hydrogens (tertiary/aromatic N) is 2. The molecule has 0 bridgehead atoms. The Morgan fingerprint density at radius 1 is 1.16 bits per heavy atom. The van der Waals surface area contributed by atoms with Gasteiger partial charge in [-0.3, -0.25) is 24.6 Å². The first-order valence-corrected chi connectivity index (χ1v) is 10.4. The van der Waals surface area contributed by atoms with E-state index >= 15 is 0 Å². The molecule has 1 aliphatic rings. The Kier molecular flexibility index (Phi) is 5.67. The molecule has 1 saturated heterocycles. The van der Waals surface area contributed by atoms with Crippen LogP contribution in [0.25, 0.3) is 17.4 Å². The monoisotopic (exact) mass is 454 g/mol. The number of benzene rings is 2. The van der Waals surface area contributed by atoms with Gasteiger partial charge in [-0.25, -0.2) is 0 Å². The Hall–Kier alpha value is -3.36. The molecule has 0 saturated carbocycles. The van der Waals surface area contributed by atoms with Crippen LogP contribution in [0.4, 0.5) is 10.5 Å². The second-order valence-corrected chi connectivity index (χ2v) is 8.22. The molecule has 2 heterocycles. The fourth-order valence-corrected chi connectivity index (χ4v) is 4.19. The average molecular weight is 455 g/mol. The summed E-state index contributed by atoms with van der Waals surface area (Å²) in [5.74, 6) is 0.490. The highest BCUT2D eigenvalue weighted by Crippen LogP contribution is 2.35. The van der Waals surface area contributed by atoms with Crippen molar-refractivity contribution in [1.29, 1.82) is 0 Å². The zero-order valence-corrected chi connectivity index (χ0v) is 17.8. The number of non-ortho nitro benzene ring substituents is 1. The number of aryl methyl sites for hydroxylation is 1. The Balaban J connectivity index is 1.56. The molecule has 31 heavy (non-hydrogen) atoms. The molecule has 1 fully saturated rings. The highest BCUT2D eigenvalue weighted by molar-refractivity contribution is 8.18. The van der Waals surface area contributed by atoms with Crippen LogP contribution in [0.15, 0.2) is 63.9 Å². The molecule has 0 unspecified atom stereocenters. The molecule has 7 nitrogen and oxygen atoms in total. The number of amides is 2. The van der Waals surface area contributed by atoms with Crippen molar-refractivity contribution in [3.63, 3.8) is 0 Å². The van der Waals surface area contributed by atoms with Crippen molar-refractivity contribution in [2.45, 2.75) is 13.5 Å². The highest BCUT2D eigenvalue weighted by Gasteiger charge is 2.35. The fraction of sp³-hybridized carbons (Fsp3) is 0.0909. The smallest absolute Gasteiger partial charge is 0.293 e. The number of hydrogen-bond acceptors (Lipinski definition) is 6. The topological polar surface area (TPSA) is 93.7 Å². The average Bonchev–Trinajstić information content (AvgIpc) is 3.29. The molecule has 0 spiro atoms. The lowest BCUT2D eigenvalue weighted by atomic mass is 10.1. The van der Waals surface area contributed by atoms with Crippen LogP contribution in [0.2, 0.25) is 5.02 Å². The molecule has 156 valence electrons. The quantitative estimate of drug-likeness (QED) is 0.264. The summed E-state index contributed by atoms with van der Waals surface area (Å²) in [6, 6.07) is 14.9. The normalized spacial score (nSPS) is 15.2. The fourth-order valence-electron chi connectivity index (χ4n) is 3.18. The third-order valence-electron chi connectivity index (χ3n) is 4.75. The number of halogens is 1. The van der Waals surface area contributed by atoms with Gasteiger partial charge in [-0.2, -0.15) is 0 Å². The lowest BCUT2D eigenvalue weighted by Crippen LogP contribution is -2.27. The first kappa shape index (κ1) is 20.9. The van der Waals surface area contributed by atoms with Crippen molar-refractivity contribution in [3.8, 4) is 11.3 Å². The van der Waals surface area contributed by atoms with Gasteiger partial charge in [-0.1, -0.05) is 29.8 Å². The summed E-state index contributed by atoms with van der Waals surface area (Å²) in [6.07, 6.45) is 1.52. The van der Waals surface area contributed by atoms with Crippen molar-refractivity contribution in [2.75, 3.05) is 0 Å². The van der Waals surface area contributed by atoms with Gasteiger partial charge in [-0.05, 0) is 54.1 Å². The van der Waals surface area contributed by atoms with Crippen molar-refractivity contribution in [1.82, 2.24) is 4.90 Å². The van der Waals surface area contributed by atoms with E-state index in [2.05, 4.69) is 0 Å². The molecule has 2 aromatic carbocycles. The van der Waals surface area contributed by atoms with Gasteiger partial charge in [-0.15, -0.1) is 0 Å². The van der Waals surface area contributed by atoms with E-state index in [1.807, 2.05) is 0 Å². The first-order valence-electron chi connectivity index (χ1n) is 9.17. The maximum Gasteiger partial charge on any atom is 0.293 e. The van der Waals surface area contributed by atoms with E-state index in [1.165, 1.54) is 18.2 Å². The molecule has 1 aromatic heterocycles. The SMILES string of the molecule is Cc1cc([N+](=O)[O-])ccc1-c1ccc(/C=C2\SC(=O)N(Cc3ccccc3Cl)C2=O)o1. The summed E-state index contributed by atoms with van der Waals surface area (Å²) < 4.78 is 5.81. The van der Waals surface area contributed by atoms with Gasteiger partial charge in [0, 0.05) is 28.8 Å². The largest absolute Gasteiger partial charge is 0.457 e. The van der Waals surface area contributed by atoms with Crippen LogP contribution in [0.5, 0.6) is 0 Å². The van der Waals surface area contributed by atoms with Gasteiger partial charge in [0.25, 0.3) is 16.8 Å². The Bertz CT molecular complexity index is 1250. The number of furan rings is 1. The maximum atomic E-state index is 12.7. The van der Waals surface area contributed by atoms with Gasteiger partial charge in [0.1, 0.15) is 11.5 Å².